The van der Waals surface area contributed by atoms with Crippen LogP contribution in [0.3, 0.4) is 0 Å². The number of carbonyl (C=O) groups excluding carboxylic acids is 2. The van der Waals surface area contributed by atoms with E-state index < -0.39 is 53.5 Å². The van der Waals surface area contributed by atoms with Crippen LogP contribution in [0.1, 0.15) is 40.0 Å². The average molecular weight is 631 g/mol. The molecule has 0 radical (unpaired) electrons. The predicted molar refractivity (Wildman–Crippen MR) is 144 cm³/mol. The lowest BCUT2D eigenvalue weighted by atomic mass is 10.1. The first kappa shape index (κ1) is 32.5. The van der Waals surface area contributed by atoms with E-state index in [0.29, 0.717) is 12.1 Å². The number of halogens is 6. The number of nitrogens with one attached hydrogen (secondary N) is 2. The highest BCUT2D eigenvalue weighted by atomic mass is 79.9. The number of amides is 1. The Balaban J connectivity index is 0.000000389. The molecule has 1 unspecified atom stereocenters. The van der Waals surface area contributed by atoms with Gasteiger partial charge in [-0.1, -0.05) is 43.3 Å². The van der Waals surface area contributed by atoms with Crippen LogP contribution in [0.2, 0.25) is 0 Å². The van der Waals surface area contributed by atoms with Gasteiger partial charge < -0.3 is 20.1 Å². The molecule has 0 aromatic heterocycles. The van der Waals surface area contributed by atoms with Crippen LogP contribution in [0.4, 0.5) is 27.6 Å². The third kappa shape index (κ3) is 8.67. The zero-order valence-electron chi connectivity index (χ0n) is 22.1. The maximum Gasteiger partial charge on any atom is 0.412 e. The second-order valence-electron chi connectivity index (χ2n) is 8.33. The number of esters is 1. The quantitative estimate of drug-likeness (QED) is 0.209. The second kappa shape index (κ2) is 14.6. The highest BCUT2D eigenvalue weighted by Gasteiger charge is 2.41. The van der Waals surface area contributed by atoms with Crippen LogP contribution >= 0.6 is 15.9 Å². The summed E-state index contributed by atoms with van der Waals surface area (Å²) in [7, 11) is 2.76. The highest BCUT2D eigenvalue weighted by Crippen LogP contribution is 2.36. The Kier molecular flexibility index (Phi) is 11.9. The molecule has 0 aliphatic carbocycles. The predicted octanol–water partition coefficient (Wildman–Crippen LogP) is 6.91. The number of carbonyl (C=O) groups is 2. The summed E-state index contributed by atoms with van der Waals surface area (Å²) in [4.78, 5) is 22.8. The largest absolute Gasteiger partial charge is 0.495 e. The van der Waals surface area contributed by atoms with Crippen molar-refractivity contribution in [3.05, 3.63) is 93.0 Å². The third-order valence-electron chi connectivity index (χ3n) is 5.67. The summed E-state index contributed by atoms with van der Waals surface area (Å²) in [6.07, 6.45) is -3.74. The van der Waals surface area contributed by atoms with E-state index in [1.807, 2.05) is 16.7 Å². The van der Waals surface area contributed by atoms with Crippen molar-refractivity contribution in [3.8, 4) is 5.75 Å². The Hall–Kier alpha value is -3.67. The molecule has 0 spiro atoms. The van der Waals surface area contributed by atoms with E-state index in [0.717, 1.165) is 23.8 Å². The minimum atomic E-state index is -4.75. The van der Waals surface area contributed by atoms with Crippen molar-refractivity contribution in [2.45, 2.75) is 32.5 Å². The van der Waals surface area contributed by atoms with Gasteiger partial charge in [-0.2, -0.15) is 13.2 Å². The number of benzene rings is 3. The van der Waals surface area contributed by atoms with Gasteiger partial charge in [0.15, 0.2) is 0 Å². The third-order valence-corrected chi connectivity index (χ3v) is 6.29. The van der Waals surface area contributed by atoms with E-state index in [9.17, 15) is 31.5 Å². The Morgan fingerprint density at radius 1 is 1.00 bits per heavy atom. The molecule has 2 N–H and O–H groups in total. The van der Waals surface area contributed by atoms with Crippen molar-refractivity contribution in [2.24, 2.45) is 0 Å². The van der Waals surface area contributed by atoms with Crippen LogP contribution in [0.25, 0.3) is 0 Å². The molecule has 1 atom stereocenters. The zero-order valence-corrected chi connectivity index (χ0v) is 23.7. The molecule has 216 valence electrons. The molecule has 12 heteroatoms. The monoisotopic (exact) mass is 630 g/mol. The summed E-state index contributed by atoms with van der Waals surface area (Å²) in [5, 5.41) is 3.98. The smallest absolute Gasteiger partial charge is 0.412 e. The van der Waals surface area contributed by atoms with Crippen LogP contribution in [0, 0.1) is 18.6 Å². The summed E-state index contributed by atoms with van der Waals surface area (Å²) < 4.78 is 79.0. The van der Waals surface area contributed by atoms with E-state index in [4.69, 9.17) is 4.74 Å². The fourth-order valence-electron chi connectivity index (χ4n) is 3.71. The molecule has 3 aromatic rings. The lowest BCUT2D eigenvalue weighted by molar-refractivity contribution is -0.144. The van der Waals surface area contributed by atoms with Crippen molar-refractivity contribution in [1.82, 2.24) is 5.32 Å². The van der Waals surface area contributed by atoms with Gasteiger partial charge in [-0.15, -0.1) is 0 Å². The Morgan fingerprint density at radius 3 is 2.08 bits per heavy atom. The van der Waals surface area contributed by atoms with Crippen molar-refractivity contribution >= 4 is 33.5 Å². The van der Waals surface area contributed by atoms with Gasteiger partial charge >= 0.3 is 12.1 Å². The van der Waals surface area contributed by atoms with E-state index in [-0.39, 0.29) is 5.56 Å². The van der Waals surface area contributed by atoms with E-state index in [1.165, 1.54) is 41.5 Å². The number of methoxy groups -OCH3 is 2. The molecular weight excluding hydrogens is 603 g/mol. The minimum Gasteiger partial charge on any atom is -0.495 e. The molecule has 40 heavy (non-hydrogen) atoms. The van der Waals surface area contributed by atoms with Crippen molar-refractivity contribution in [3.63, 3.8) is 0 Å². The van der Waals surface area contributed by atoms with E-state index in [2.05, 4.69) is 40.6 Å². The van der Waals surface area contributed by atoms with Gasteiger partial charge in [0, 0.05) is 5.69 Å². The number of anilines is 1. The van der Waals surface area contributed by atoms with Crippen LogP contribution in [0.5, 0.6) is 5.75 Å². The maximum atomic E-state index is 14.2. The second-order valence-corrected chi connectivity index (χ2v) is 9.19. The molecule has 0 saturated carbocycles. The fraction of sp³-hybridized carbons (Fsp3) is 0.286. The first-order chi connectivity index (χ1) is 18.8. The van der Waals surface area contributed by atoms with Gasteiger partial charge in [0.05, 0.1) is 18.7 Å². The summed E-state index contributed by atoms with van der Waals surface area (Å²) in [5.41, 5.74) is 0.878. The highest BCUT2D eigenvalue weighted by molar-refractivity contribution is 9.10. The normalized spacial score (nSPS) is 11.6. The molecule has 3 aromatic carbocycles. The number of rotatable bonds is 8. The molecule has 1 amide bonds. The van der Waals surface area contributed by atoms with Crippen molar-refractivity contribution in [2.75, 3.05) is 26.1 Å². The zero-order chi connectivity index (χ0) is 30.0. The van der Waals surface area contributed by atoms with Crippen molar-refractivity contribution in [1.29, 1.82) is 0 Å². The van der Waals surface area contributed by atoms with E-state index >= 15 is 0 Å². The SMILES string of the molecule is CCc1c(C)ccc(Br)c1OC.COC(=O)CNC(=O)c1c(F)cc(NC(c2ccccc2)C(F)(F)F)cc1F. The first-order valence-electron chi connectivity index (χ1n) is 11.9. The Labute approximate surface area is 237 Å². The topological polar surface area (TPSA) is 76.7 Å². The number of hydrogen-bond acceptors (Lipinski definition) is 5. The number of aryl methyl sites for hydroxylation is 1. The van der Waals surface area contributed by atoms with Crippen molar-refractivity contribution < 1.29 is 41.0 Å². The van der Waals surface area contributed by atoms with Gasteiger partial charge in [0.2, 0.25) is 0 Å². The maximum absolute atomic E-state index is 14.2. The van der Waals surface area contributed by atoms with Gasteiger partial charge in [0.25, 0.3) is 5.91 Å². The first-order valence-corrected chi connectivity index (χ1v) is 12.7. The van der Waals surface area contributed by atoms with Gasteiger partial charge in [0.1, 0.15) is 35.5 Å². The lowest BCUT2D eigenvalue weighted by Crippen LogP contribution is -2.31. The van der Waals surface area contributed by atoms with Crippen LogP contribution < -0.4 is 15.4 Å². The lowest BCUT2D eigenvalue weighted by Gasteiger charge is -2.23. The van der Waals surface area contributed by atoms with Crippen LogP contribution in [0.15, 0.2) is 59.1 Å². The van der Waals surface area contributed by atoms with Crippen LogP contribution in [-0.4, -0.2) is 38.8 Å². The summed E-state index contributed by atoms with van der Waals surface area (Å²) in [5.74, 6) is -3.90. The molecule has 0 heterocycles. The molecule has 0 saturated heterocycles. The van der Waals surface area contributed by atoms with Gasteiger partial charge in [-0.25, -0.2) is 8.78 Å². The molecule has 0 bridgehead atoms. The van der Waals surface area contributed by atoms with Gasteiger partial charge in [-0.05, 0) is 64.2 Å². The summed E-state index contributed by atoms with van der Waals surface area (Å²) >= 11 is 3.46. The number of hydrogen-bond donors (Lipinski definition) is 2. The standard InChI is InChI=1S/C18H15F5N2O3.C10H13BrO/c1-28-14(26)9-24-17(27)15-12(19)7-11(8-13(15)20)25-16(18(21,22)23)10-5-3-2-4-6-10;1-4-8-7(2)5-6-9(11)10(8)12-3/h2-8,16,25H,9H2,1H3,(H,24,27);5-6H,4H2,1-3H3. The number of alkyl halides is 3. The summed E-state index contributed by atoms with van der Waals surface area (Å²) in [6, 6.07) is 9.79. The molecule has 0 aliphatic heterocycles. The molecule has 0 fully saturated rings. The molecular formula is C28H28BrF5N2O4. The van der Waals surface area contributed by atoms with Crippen LogP contribution in [-0.2, 0) is 16.0 Å². The van der Waals surface area contributed by atoms with Gasteiger partial charge in [-0.3, -0.25) is 9.59 Å². The average Bonchev–Trinajstić information content (AvgIpc) is 2.91. The molecule has 0 aliphatic rings. The van der Waals surface area contributed by atoms with E-state index in [1.54, 1.807) is 7.11 Å². The Bertz CT molecular complexity index is 1270. The summed E-state index contributed by atoms with van der Waals surface area (Å²) in [6.45, 7) is 3.61. The minimum absolute atomic E-state index is 0.157. The molecule has 6 nitrogen and oxygen atoms in total. The Morgan fingerprint density at radius 2 is 1.60 bits per heavy atom. The molecule has 3 rings (SSSR count). The fourth-order valence-corrected chi connectivity index (χ4v) is 4.24. The number of ether oxygens (including phenoxy) is 2.